The van der Waals surface area contributed by atoms with Crippen LogP contribution in [0.25, 0.3) is 22.5 Å². The van der Waals surface area contributed by atoms with Gasteiger partial charge in [0.05, 0.1) is 16.4 Å². The van der Waals surface area contributed by atoms with Gasteiger partial charge in [-0.3, -0.25) is 4.79 Å². The minimum Gasteiger partial charge on any atom is -0.322 e. The molecule has 0 fully saturated rings. The van der Waals surface area contributed by atoms with Gasteiger partial charge in [0.15, 0.2) is 5.82 Å². The number of halogens is 3. The molecule has 0 unspecified atom stereocenters. The molecule has 0 aliphatic carbocycles. The van der Waals surface area contributed by atoms with Crippen molar-refractivity contribution in [3.05, 3.63) is 93.7 Å². The molecule has 30 heavy (non-hydrogen) atoms. The molecule has 0 spiro atoms. The standard InChI is InChI=1S/C23H16Cl3N3O.H2/c1-29-21(14-7-9-15(24)10-8-14)20(18-12-11-16(25)13-19(18)26)28-22(29)23(30)27-17-5-3-2-4-6-17;/h2-13H,1H3,(H,27,30);1H. The number of hydrogen-bond acceptors (Lipinski definition) is 2. The van der Waals surface area contributed by atoms with Crippen LogP contribution < -0.4 is 5.32 Å². The summed E-state index contributed by atoms with van der Waals surface area (Å²) in [6, 6.07) is 21.8. The SMILES string of the molecule is Cn1c(C(=O)Nc2ccccc2)nc(-c2ccc(Cl)cc2Cl)c1-c1ccc(Cl)cc1.[HH]. The first-order chi connectivity index (χ1) is 14.4. The van der Waals surface area contributed by atoms with E-state index < -0.39 is 0 Å². The smallest absolute Gasteiger partial charge is 0.291 e. The largest absolute Gasteiger partial charge is 0.322 e. The van der Waals surface area contributed by atoms with Gasteiger partial charge in [-0.05, 0) is 42.5 Å². The number of carbonyl (C=O) groups excluding carboxylic acids is 1. The zero-order valence-electron chi connectivity index (χ0n) is 15.9. The lowest BCUT2D eigenvalue weighted by molar-refractivity contribution is 0.101. The molecule has 4 nitrogen and oxygen atoms in total. The van der Waals surface area contributed by atoms with E-state index in [0.29, 0.717) is 32.0 Å². The maximum Gasteiger partial charge on any atom is 0.291 e. The highest BCUT2D eigenvalue weighted by Crippen LogP contribution is 2.37. The second kappa shape index (κ2) is 8.52. The number of benzene rings is 3. The predicted octanol–water partition coefficient (Wildman–Crippen LogP) is 7.21. The average molecular weight is 459 g/mol. The molecular weight excluding hydrogens is 441 g/mol. The summed E-state index contributed by atoms with van der Waals surface area (Å²) in [6.45, 7) is 0. The fraction of sp³-hybridized carbons (Fsp3) is 0.0435. The maximum absolute atomic E-state index is 13.0. The van der Waals surface area contributed by atoms with E-state index in [1.807, 2.05) is 42.5 Å². The van der Waals surface area contributed by atoms with Crippen molar-refractivity contribution >= 4 is 46.4 Å². The number of para-hydroxylation sites is 1. The summed E-state index contributed by atoms with van der Waals surface area (Å²) in [4.78, 5) is 17.6. The molecule has 152 valence electrons. The van der Waals surface area contributed by atoms with E-state index in [0.717, 1.165) is 11.3 Å². The summed E-state index contributed by atoms with van der Waals surface area (Å²) in [5, 5.41) is 4.47. The molecule has 0 aliphatic rings. The predicted molar refractivity (Wildman–Crippen MR) is 126 cm³/mol. The van der Waals surface area contributed by atoms with Gasteiger partial charge >= 0.3 is 0 Å². The average Bonchev–Trinajstić information content (AvgIpc) is 3.06. The molecule has 1 amide bonds. The molecule has 0 radical (unpaired) electrons. The minimum absolute atomic E-state index is 0. The molecule has 0 aliphatic heterocycles. The van der Waals surface area contributed by atoms with Crippen molar-refractivity contribution in [2.45, 2.75) is 0 Å². The third-order valence-electron chi connectivity index (χ3n) is 4.63. The van der Waals surface area contributed by atoms with Crippen LogP contribution in [0.3, 0.4) is 0 Å². The fourth-order valence-electron chi connectivity index (χ4n) is 3.22. The molecule has 4 rings (SSSR count). The molecule has 0 saturated heterocycles. The quantitative estimate of drug-likeness (QED) is 0.351. The molecule has 1 heterocycles. The lowest BCUT2D eigenvalue weighted by atomic mass is 10.0. The van der Waals surface area contributed by atoms with Crippen molar-refractivity contribution in [1.82, 2.24) is 9.55 Å². The van der Waals surface area contributed by atoms with Crippen molar-refractivity contribution in [3.8, 4) is 22.5 Å². The van der Waals surface area contributed by atoms with E-state index in [2.05, 4.69) is 10.3 Å². The van der Waals surface area contributed by atoms with Crippen LogP contribution in [0.2, 0.25) is 15.1 Å². The van der Waals surface area contributed by atoms with E-state index >= 15 is 0 Å². The first-order valence-electron chi connectivity index (χ1n) is 9.08. The maximum atomic E-state index is 13.0. The third kappa shape index (κ3) is 4.08. The highest BCUT2D eigenvalue weighted by atomic mass is 35.5. The number of carbonyl (C=O) groups is 1. The highest BCUT2D eigenvalue weighted by molar-refractivity contribution is 6.36. The third-order valence-corrected chi connectivity index (χ3v) is 5.43. The molecule has 0 bridgehead atoms. The molecular formula is C23H18Cl3N3O. The topological polar surface area (TPSA) is 46.9 Å². The van der Waals surface area contributed by atoms with Gasteiger partial charge in [-0.15, -0.1) is 0 Å². The van der Waals surface area contributed by atoms with Crippen LogP contribution in [0.1, 0.15) is 12.0 Å². The normalized spacial score (nSPS) is 10.8. The highest BCUT2D eigenvalue weighted by Gasteiger charge is 2.23. The number of nitrogens with one attached hydrogen (secondary N) is 1. The monoisotopic (exact) mass is 457 g/mol. The lowest BCUT2D eigenvalue weighted by Crippen LogP contribution is -2.17. The Bertz CT molecular complexity index is 1230. The summed E-state index contributed by atoms with van der Waals surface area (Å²) < 4.78 is 1.75. The van der Waals surface area contributed by atoms with E-state index in [4.69, 9.17) is 34.8 Å². The Labute approximate surface area is 190 Å². The Balaban J connectivity index is 0.00000272. The van der Waals surface area contributed by atoms with Crippen molar-refractivity contribution in [2.75, 3.05) is 5.32 Å². The van der Waals surface area contributed by atoms with E-state index in [-0.39, 0.29) is 13.2 Å². The summed E-state index contributed by atoms with van der Waals surface area (Å²) in [5.41, 5.74) is 3.55. The zero-order chi connectivity index (χ0) is 21.3. The zero-order valence-corrected chi connectivity index (χ0v) is 18.1. The van der Waals surface area contributed by atoms with Crippen LogP contribution in [-0.4, -0.2) is 15.5 Å². The number of nitrogens with zero attached hydrogens (tertiary/aromatic N) is 2. The second-order valence-electron chi connectivity index (χ2n) is 6.64. The van der Waals surface area contributed by atoms with Gasteiger partial charge < -0.3 is 9.88 Å². The summed E-state index contributed by atoms with van der Waals surface area (Å²) in [5.74, 6) is -0.0694. The molecule has 7 heteroatoms. The first kappa shape index (κ1) is 20.5. The van der Waals surface area contributed by atoms with Gasteiger partial charge in [0, 0.05) is 35.3 Å². The van der Waals surface area contributed by atoms with Gasteiger partial charge in [0.2, 0.25) is 0 Å². The lowest BCUT2D eigenvalue weighted by Gasteiger charge is -2.09. The summed E-state index contributed by atoms with van der Waals surface area (Å²) in [6.07, 6.45) is 0. The Morgan fingerprint density at radius 2 is 1.60 bits per heavy atom. The Morgan fingerprint density at radius 1 is 0.933 bits per heavy atom. The molecule has 0 saturated carbocycles. The van der Waals surface area contributed by atoms with E-state index in [9.17, 15) is 4.79 Å². The van der Waals surface area contributed by atoms with E-state index in [1.54, 1.807) is 41.9 Å². The van der Waals surface area contributed by atoms with Crippen LogP contribution in [0.15, 0.2) is 72.8 Å². The molecule has 1 aromatic heterocycles. The van der Waals surface area contributed by atoms with Crippen LogP contribution in [-0.2, 0) is 7.05 Å². The van der Waals surface area contributed by atoms with Crippen molar-refractivity contribution in [3.63, 3.8) is 0 Å². The number of aromatic nitrogens is 2. The number of amides is 1. The van der Waals surface area contributed by atoms with Crippen molar-refractivity contribution < 1.29 is 6.22 Å². The van der Waals surface area contributed by atoms with Gasteiger partial charge in [-0.25, -0.2) is 4.98 Å². The molecule has 1 N–H and O–H groups in total. The number of anilines is 1. The van der Waals surface area contributed by atoms with Crippen LogP contribution in [0.5, 0.6) is 0 Å². The number of imidazole rings is 1. The van der Waals surface area contributed by atoms with E-state index in [1.165, 1.54) is 0 Å². The molecule has 0 atom stereocenters. The summed E-state index contributed by atoms with van der Waals surface area (Å²) >= 11 is 18.6. The van der Waals surface area contributed by atoms with Gasteiger partial charge in [0.1, 0.15) is 0 Å². The first-order valence-corrected chi connectivity index (χ1v) is 10.2. The van der Waals surface area contributed by atoms with Crippen molar-refractivity contribution in [1.29, 1.82) is 0 Å². The fourth-order valence-corrected chi connectivity index (χ4v) is 3.84. The number of hydrogen-bond donors (Lipinski definition) is 1. The summed E-state index contributed by atoms with van der Waals surface area (Å²) in [7, 11) is 1.80. The van der Waals surface area contributed by atoms with Crippen LogP contribution in [0, 0.1) is 0 Å². The number of rotatable bonds is 4. The Morgan fingerprint density at radius 3 is 2.27 bits per heavy atom. The molecule has 4 aromatic rings. The second-order valence-corrected chi connectivity index (χ2v) is 7.92. The minimum atomic E-state index is -0.324. The van der Waals surface area contributed by atoms with Crippen LogP contribution in [0.4, 0.5) is 5.69 Å². The van der Waals surface area contributed by atoms with Gasteiger partial charge in [-0.1, -0.05) is 65.1 Å². The molecule has 3 aromatic carbocycles. The van der Waals surface area contributed by atoms with Crippen molar-refractivity contribution in [2.24, 2.45) is 7.05 Å². The van der Waals surface area contributed by atoms with Gasteiger partial charge in [0.25, 0.3) is 5.91 Å². The Kier molecular flexibility index (Phi) is 5.82. The van der Waals surface area contributed by atoms with Crippen LogP contribution >= 0.6 is 34.8 Å². The van der Waals surface area contributed by atoms with Gasteiger partial charge in [-0.2, -0.15) is 0 Å². The Hall–Kier alpha value is -2.79.